The lowest BCUT2D eigenvalue weighted by molar-refractivity contribution is 0.791. The van der Waals surface area contributed by atoms with Gasteiger partial charge in [-0.25, -0.2) is 0 Å². The Hall–Kier alpha value is -0.430. The topological polar surface area (TPSA) is 0 Å². The van der Waals surface area contributed by atoms with E-state index in [0.717, 1.165) is 0 Å². The first-order chi connectivity index (χ1) is 6.41. The zero-order chi connectivity index (χ0) is 11.2. The standard InChI is InChI=1S/C10H14S.C3H8/c1-8-4-6-9(7-5-8)10(2,3)11;1-3-2/h4-7,11H,1-3H3;3H2,1-2H3. The number of hydrogen-bond acceptors (Lipinski definition) is 1. The quantitative estimate of drug-likeness (QED) is 0.645. The summed E-state index contributed by atoms with van der Waals surface area (Å²) in [5.41, 5.74) is 2.57. The van der Waals surface area contributed by atoms with Crippen molar-refractivity contribution in [3.8, 4) is 0 Å². The Morgan fingerprint density at radius 3 is 1.71 bits per heavy atom. The third-order valence-electron chi connectivity index (χ3n) is 1.76. The molecule has 0 aliphatic rings. The Balaban J connectivity index is 0.000000500. The molecule has 1 rings (SSSR count). The predicted octanol–water partition coefficient (Wildman–Crippen LogP) is 4.58. The summed E-state index contributed by atoms with van der Waals surface area (Å²) in [6.45, 7) is 10.5. The highest BCUT2D eigenvalue weighted by atomic mass is 32.1. The van der Waals surface area contributed by atoms with Crippen molar-refractivity contribution in [2.45, 2.75) is 45.8 Å². The van der Waals surface area contributed by atoms with Gasteiger partial charge in [-0.1, -0.05) is 50.1 Å². The first kappa shape index (κ1) is 13.6. The maximum absolute atomic E-state index is 4.48. The van der Waals surface area contributed by atoms with E-state index in [2.05, 4.69) is 71.5 Å². The smallest absolute Gasteiger partial charge is 0.0322 e. The molecule has 0 radical (unpaired) electrons. The zero-order valence-electron chi connectivity index (χ0n) is 9.96. The fraction of sp³-hybridized carbons (Fsp3) is 0.538. The second-order valence-corrected chi connectivity index (χ2v) is 5.25. The molecule has 0 spiro atoms. The van der Waals surface area contributed by atoms with Crippen molar-refractivity contribution in [3.63, 3.8) is 0 Å². The average Bonchev–Trinajstić information content (AvgIpc) is 2.04. The fourth-order valence-corrected chi connectivity index (χ4v) is 1.11. The number of benzene rings is 1. The Morgan fingerprint density at radius 1 is 1.07 bits per heavy atom. The van der Waals surface area contributed by atoms with Gasteiger partial charge in [-0.2, -0.15) is 12.6 Å². The summed E-state index contributed by atoms with van der Waals surface area (Å²) in [5.74, 6) is 0. The van der Waals surface area contributed by atoms with Gasteiger partial charge >= 0.3 is 0 Å². The van der Waals surface area contributed by atoms with Crippen molar-refractivity contribution in [2.75, 3.05) is 0 Å². The molecular formula is C13H22S. The molecule has 80 valence electrons. The van der Waals surface area contributed by atoms with Gasteiger partial charge in [0.15, 0.2) is 0 Å². The summed E-state index contributed by atoms with van der Waals surface area (Å²) in [6.07, 6.45) is 1.25. The van der Waals surface area contributed by atoms with Crippen LogP contribution in [-0.4, -0.2) is 0 Å². The summed E-state index contributed by atoms with van der Waals surface area (Å²) in [5, 5.41) is 0. The van der Waals surface area contributed by atoms with Crippen LogP contribution >= 0.6 is 12.6 Å². The molecule has 0 saturated carbocycles. The van der Waals surface area contributed by atoms with Crippen LogP contribution in [0.15, 0.2) is 24.3 Å². The van der Waals surface area contributed by atoms with Crippen LogP contribution in [-0.2, 0) is 4.75 Å². The Kier molecular flexibility index (Phi) is 5.94. The van der Waals surface area contributed by atoms with Crippen molar-refractivity contribution in [1.82, 2.24) is 0 Å². The molecule has 1 heteroatoms. The molecule has 0 saturated heterocycles. The maximum atomic E-state index is 4.48. The lowest BCUT2D eigenvalue weighted by Gasteiger charge is -2.17. The molecule has 0 unspecified atom stereocenters. The molecule has 0 aliphatic heterocycles. The molecule has 0 amide bonds. The van der Waals surface area contributed by atoms with E-state index in [1.54, 1.807) is 0 Å². The Labute approximate surface area is 94.1 Å². The molecule has 0 bridgehead atoms. The van der Waals surface area contributed by atoms with Crippen molar-refractivity contribution in [2.24, 2.45) is 0 Å². The Morgan fingerprint density at radius 2 is 1.43 bits per heavy atom. The van der Waals surface area contributed by atoms with E-state index in [1.807, 2.05) is 0 Å². The minimum atomic E-state index is -0.0201. The minimum Gasteiger partial charge on any atom is -0.168 e. The van der Waals surface area contributed by atoms with Gasteiger partial charge in [0.25, 0.3) is 0 Å². The predicted molar refractivity (Wildman–Crippen MR) is 69.2 cm³/mol. The van der Waals surface area contributed by atoms with Crippen LogP contribution in [0.25, 0.3) is 0 Å². The summed E-state index contributed by atoms with van der Waals surface area (Å²) < 4.78 is -0.0201. The van der Waals surface area contributed by atoms with Gasteiger partial charge in [0, 0.05) is 4.75 Å². The molecule has 1 aromatic rings. The van der Waals surface area contributed by atoms with Crippen molar-refractivity contribution < 1.29 is 0 Å². The van der Waals surface area contributed by atoms with Crippen LogP contribution < -0.4 is 0 Å². The number of rotatable bonds is 1. The van der Waals surface area contributed by atoms with Crippen LogP contribution in [0.2, 0.25) is 0 Å². The summed E-state index contributed by atoms with van der Waals surface area (Å²) >= 11 is 4.48. The molecule has 0 atom stereocenters. The highest BCUT2D eigenvalue weighted by molar-refractivity contribution is 7.81. The van der Waals surface area contributed by atoms with E-state index in [9.17, 15) is 0 Å². The van der Waals surface area contributed by atoms with Gasteiger partial charge in [-0.15, -0.1) is 0 Å². The van der Waals surface area contributed by atoms with Gasteiger partial charge in [0.1, 0.15) is 0 Å². The largest absolute Gasteiger partial charge is 0.168 e. The van der Waals surface area contributed by atoms with E-state index in [0.29, 0.717) is 0 Å². The van der Waals surface area contributed by atoms with Crippen LogP contribution in [0.4, 0.5) is 0 Å². The lowest BCUT2D eigenvalue weighted by atomic mass is 10.0. The van der Waals surface area contributed by atoms with Gasteiger partial charge in [0.2, 0.25) is 0 Å². The van der Waals surface area contributed by atoms with Crippen molar-refractivity contribution in [1.29, 1.82) is 0 Å². The minimum absolute atomic E-state index is 0.0201. The molecule has 1 aromatic carbocycles. The maximum Gasteiger partial charge on any atom is 0.0322 e. The highest BCUT2D eigenvalue weighted by Crippen LogP contribution is 2.26. The highest BCUT2D eigenvalue weighted by Gasteiger charge is 2.13. The van der Waals surface area contributed by atoms with E-state index in [-0.39, 0.29) is 4.75 Å². The van der Waals surface area contributed by atoms with E-state index >= 15 is 0 Å². The molecule has 0 aromatic heterocycles. The number of aryl methyl sites for hydroxylation is 1. The van der Waals surface area contributed by atoms with Crippen molar-refractivity contribution >= 4 is 12.6 Å². The fourth-order valence-electron chi connectivity index (χ4n) is 0.961. The normalized spacial score (nSPS) is 10.4. The average molecular weight is 210 g/mol. The van der Waals surface area contributed by atoms with E-state index in [1.165, 1.54) is 17.5 Å². The lowest BCUT2D eigenvalue weighted by Crippen LogP contribution is -2.06. The van der Waals surface area contributed by atoms with Crippen LogP contribution in [0.1, 0.15) is 45.2 Å². The number of thiol groups is 1. The molecule has 0 nitrogen and oxygen atoms in total. The molecule has 0 N–H and O–H groups in total. The third-order valence-corrected chi connectivity index (χ3v) is 2.02. The first-order valence-corrected chi connectivity index (χ1v) is 5.66. The molecule has 14 heavy (non-hydrogen) atoms. The van der Waals surface area contributed by atoms with Gasteiger partial charge < -0.3 is 0 Å². The van der Waals surface area contributed by atoms with Crippen LogP contribution in [0.5, 0.6) is 0 Å². The second-order valence-electron chi connectivity index (χ2n) is 4.13. The molecule has 0 heterocycles. The van der Waals surface area contributed by atoms with Gasteiger partial charge in [-0.05, 0) is 26.3 Å². The van der Waals surface area contributed by atoms with Crippen LogP contribution in [0, 0.1) is 6.92 Å². The molecule has 0 fully saturated rings. The Bertz CT molecular complexity index is 241. The monoisotopic (exact) mass is 210 g/mol. The zero-order valence-corrected chi connectivity index (χ0v) is 10.9. The van der Waals surface area contributed by atoms with E-state index in [4.69, 9.17) is 0 Å². The third kappa shape index (κ3) is 5.33. The SMILES string of the molecule is CCC.Cc1ccc(C(C)(C)S)cc1. The van der Waals surface area contributed by atoms with Crippen LogP contribution in [0.3, 0.4) is 0 Å². The van der Waals surface area contributed by atoms with Gasteiger partial charge in [0.05, 0.1) is 0 Å². The summed E-state index contributed by atoms with van der Waals surface area (Å²) in [4.78, 5) is 0. The van der Waals surface area contributed by atoms with E-state index < -0.39 is 0 Å². The second kappa shape index (κ2) is 6.13. The first-order valence-electron chi connectivity index (χ1n) is 5.21. The summed E-state index contributed by atoms with van der Waals surface area (Å²) in [7, 11) is 0. The van der Waals surface area contributed by atoms with Gasteiger partial charge in [-0.3, -0.25) is 0 Å². The number of hydrogen-bond donors (Lipinski definition) is 1. The molecule has 0 aliphatic carbocycles. The van der Waals surface area contributed by atoms with Crippen molar-refractivity contribution in [3.05, 3.63) is 35.4 Å². The molecular weight excluding hydrogens is 188 g/mol. The summed E-state index contributed by atoms with van der Waals surface area (Å²) in [6, 6.07) is 8.49.